The largest absolute Gasteiger partial charge is 0.399 e. The van der Waals surface area contributed by atoms with Crippen LogP contribution in [0.5, 0.6) is 0 Å². The summed E-state index contributed by atoms with van der Waals surface area (Å²) in [5.41, 5.74) is 16.3. The fraction of sp³-hybridized carbons (Fsp3) is 0.0769. The molecule has 0 aromatic heterocycles. The maximum Gasteiger partial charge on any atom is 0.0396 e. The third kappa shape index (κ3) is 1.79. The molecule has 0 aliphatic heterocycles. The van der Waals surface area contributed by atoms with E-state index in [4.69, 9.17) is 11.5 Å². The van der Waals surface area contributed by atoms with E-state index in [0.29, 0.717) is 0 Å². The van der Waals surface area contributed by atoms with Crippen LogP contribution in [-0.2, 0) is 0 Å². The van der Waals surface area contributed by atoms with Crippen molar-refractivity contribution in [3.05, 3.63) is 48.0 Å². The SMILES string of the molecule is Cc1[c]ccc(N)c1-c1cccc(N)c1. The standard InChI is InChI=1S/C13H13N2/c1-9-4-2-7-12(15)13(9)10-5-3-6-11(14)8-10/h2-3,5-8H,14-15H2,1H3. The lowest BCUT2D eigenvalue weighted by molar-refractivity contribution is 1.45. The highest BCUT2D eigenvalue weighted by molar-refractivity contribution is 5.80. The number of anilines is 2. The van der Waals surface area contributed by atoms with Gasteiger partial charge in [0.15, 0.2) is 0 Å². The van der Waals surface area contributed by atoms with Crippen LogP contribution in [0.1, 0.15) is 5.56 Å². The number of hydrogen-bond donors (Lipinski definition) is 2. The van der Waals surface area contributed by atoms with Gasteiger partial charge in [-0.25, -0.2) is 0 Å². The van der Waals surface area contributed by atoms with E-state index < -0.39 is 0 Å². The Balaban J connectivity index is 2.63. The molecular weight excluding hydrogens is 184 g/mol. The monoisotopic (exact) mass is 197 g/mol. The first-order chi connectivity index (χ1) is 7.18. The number of nitrogens with two attached hydrogens (primary N) is 2. The molecule has 0 unspecified atom stereocenters. The predicted molar refractivity (Wildman–Crippen MR) is 64.3 cm³/mol. The van der Waals surface area contributed by atoms with Crippen LogP contribution in [-0.4, -0.2) is 0 Å². The molecule has 2 nitrogen and oxygen atoms in total. The summed E-state index contributed by atoms with van der Waals surface area (Å²) in [6.07, 6.45) is 0. The fourth-order valence-corrected chi connectivity index (χ4v) is 1.71. The zero-order valence-electron chi connectivity index (χ0n) is 8.62. The Hall–Kier alpha value is -1.96. The molecule has 0 fully saturated rings. The Bertz CT molecular complexity index is 469. The predicted octanol–water partition coefficient (Wildman–Crippen LogP) is 2.63. The average molecular weight is 197 g/mol. The number of nitrogen functional groups attached to an aromatic ring is 2. The molecule has 0 heterocycles. The molecule has 0 amide bonds. The molecule has 4 N–H and O–H groups in total. The zero-order chi connectivity index (χ0) is 10.8. The van der Waals surface area contributed by atoms with Crippen LogP contribution in [0.3, 0.4) is 0 Å². The Morgan fingerprint density at radius 3 is 2.60 bits per heavy atom. The van der Waals surface area contributed by atoms with E-state index in [1.807, 2.05) is 43.3 Å². The number of hydrogen-bond acceptors (Lipinski definition) is 2. The van der Waals surface area contributed by atoms with Crippen LogP contribution in [0.4, 0.5) is 11.4 Å². The van der Waals surface area contributed by atoms with Gasteiger partial charge in [-0.2, -0.15) is 0 Å². The van der Waals surface area contributed by atoms with Crippen LogP contribution in [0, 0.1) is 13.0 Å². The van der Waals surface area contributed by atoms with Crippen molar-refractivity contribution in [3.8, 4) is 11.1 Å². The van der Waals surface area contributed by atoms with Gasteiger partial charge in [-0.15, -0.1) is 0 Å². The quantitative estimate of drug-likeness (QED) is 0.690. The van der Waals surface area contributed by atoms with E-state index >= 15 is 0 Å². The molecule has 0 saturated carbocycles. The topological polar surface area (TPSA) is 52.0 Å². The Morgan fingerprint density at radius 1 is 1.13 bits per heavy atom. The summed E-state index contributed by atoms with van der Waals surface area (Å²) in [6.45, 7) is 1.99. The third-order valence-corrected chi connectivity index (χ3v) is 2.40. The highest BCUT2D eigenvalue weighted by Gasteiger charge is 2.05. The van der Waals surface area contributed by atoms with E-state index in [1.54, 1.807) is 0 Å². The van der Waals surface area contributed by atoms with Gasteiger partial charge >= 0.3 is 0 Å². The van der Waals surface area contributed by atoms with Crippen molar-refractivity contribution in [2.24, 2.45) is 0 Å². The smallest absolute Gasteiger partial charge is 0.0396 e. The van der Waals surface area contributed by atoms with E-state index in [-0.39, 0.29) is 0 Å². The minimum Gasteiger partial charge on any atom is -0.399 e. The van der Waals surface area contributed by atoms with Crippen molar-refractivity contribution in [3.63, 3.8) is 0 Å². The lowest BCUT2D eigenvalue weighted by Gasteiger charge is -2.09. The van der Waals surface area contributed by atoms with Gasteiger partial charge < -0.3 is 11.5 Å². The molecular formula is C13H13N2. The Kier molecular flexibility index (Phi) is 2.34. The average Bonchev–Trinajstić information content (AvgIpc) is 2.17. The van der Waals surface area contributed by atoms with Gasteiger partial charge in [0.2, 0.25) is 0 Å². The van der Waals surface area contributed by atoms with Crippen molar-refractivity contribution < 1.29 is 0 Å². The third-order valence-electron chi connectivity index (χ3n) is 2.40. The first kappa shape index (κ1) is 9.59. The molecule has 2 rings (SSSR count). The molecule has 2 heteroatoms. The molecule has 2 aromatic rings. The van der Waals surface area contributed by atoms with Crippen LogP contribution >= 0.6 is 0 Å². The summed E-state index contributed by atoms with van der Waals surface area (Å²) >= 11 is 0. The molecule has 15 heavy (non-hydrogen) atoms. The second-order valence-electron chi connectivity index (χ2n) is 3.56. The van der Waals surface area contributed by atoms with Gasteiger partial charge in [-0.3, -0.25) is 0 Å². The summed E-state index contributed by atoms with van der Waals surface area (Å²) in [5, 5.41) is 0. The van der Waals surface area contributed by atoms with E-state index in [0.717, 1.165) is 28.1 Å². The Labute approximate surface area is 89.5 Å². The number of rotatable bonds is 1. The Morgan fingerprint density at radius 2 is 1.93 bits per heavy atom. The van der Waals surface area contributed by atoms with Gasteiger partial charge in [-0.05, 0) is 42.3 Å². The summed E-state index contributed by atoms with van der Waals surface area (Å²) in [4.78, 5) is 0. The van der Waals surface area contributed by atoms with E-state index in [9.17, 15) is 0 Å². The second-order valence-corrected chi connectivity index (χ2v) is 3.56. The van der Waals surface area contributed by atoms with Crippen molar-refractivity contribution in [1.29, 1.82) is 0 Å². The van der Waals surface area contributed by atoms with E-state index in [2.05, 4.69) is 6.07 Å². The molecule has 2 aromatic carbocycles. The van der Waals surface area contributed by atoms with E-state index in [1.165, 1.54) is 0 Å². The summed E-state index contributed by atoms with van der Waals surface area (Å²) in [7, 11) is 0. The van der Waals surface area contributed by atoms with Crippen molar-refractivity contribution >= 4 is 11.4 Å². The maximum atomic E-state index is 5.94. The van der Waals surface area contributed by atoms with Crippen LogP contribution in [0.25, 0.3) is 11.1 Å². The molecule has 1 radical (unpaired) electrons. The van der Waals surface area contributed by atoms with Crippen LogP contribution in [0.15, 0.2) is 36.4 Å². The van der Waals surface area contributed by atoms with Gasteiger partial charge in [0.1, 0.15) is 0 Å². The van der Waals surface area contributed by atoms with Gasteiger partial charge in [0.25, 0.3) is 0 Å². The molecule has 0 atom stereocenters. The molecule has 0 spiro atoms. The fourth-order valence-electron chi connectivity index (χ4n) is 1.71. The molecule has 0 saturated heterocycles. The minimum absolute atomic E-state index is 0.746. The highest BCUT2D eigenvalue weighted by Crippen LogP contribution is 2.29. The van der Waals surface area contributed by atoms with Gasteiger partial charge in [0, 0.05) is 16.9 Å². The molecule has 75 valence electrons. The summed E-state index contributed by atoms with van der Waals surface area (Å²) in [6, 6.07) is 14.5. The number of aryl methyl sites for hydroxylation is 1. The maximum absolute atomic E-state index is 5.94. The normalized spacial score (nSPS) is 10.2. The van der Waals surface area contributed by atoms with Crippen molar-refractivity contribution in [1.82, 2.24) is 0 Å². The summed E-state index contributed by atoms with van der Waals surface area (Å²) in [5.74, 6) is 0. The minimum atomic E-state index is 0.746. The zero-order valence-corrected chi connectivity index (χ0v) is 8.62. The van der Waals surface area contributed by atoms with Gasteiger partial charge in [0.05, 0.1) is 0 Å². The molecule has 0 aliphatic carbocycles. The second kappa shape index (κ2) is 3.65. The highest BCUT2D eigenvalue weighted by atomic mass is 14.6. The molecule has 0 bridgehead atoms. The lowest BCUT2D eigenvalue weighted by Crippen LogP contribution is -1.93. The lowest BCUT2D eigenvalue weighted by atomic mass is 9.98. The van der Waals surface area contributed by atoms with Crippen molar-refractivity contribution in [2.45, 2.75) is 6.92 Å². The first-order valence-electron chi connectivity index (χ1n) is 4.81. The number of benzene rings is 2. The summed E-state index contributed by atoms with van der Waals surface area (Å²) < 4.78 is 0. The van der Waals surface area contributed by atoms with Gasteiger partial charge in [-0.1, -0.05) is 18.2 Å². The van der Waals surface area contributed by atoms with Crippen LogP contribution < -0.4 is 11.5 Å². The van der Waals surface area contributed by atoms with Crippen molar-refractivity contribution in [2.75, 3.05) is 11.5 Å². The first-order valence-corrected chi connectivity index (χ1v) is 4.81. The molecule has 0 aliphatic rings. The van der Waals surface area contributed by atoms with Crippen LogP contribution in [0.2, 0.25) is 0 Å².